The molecule has 2 amide bonds. The first kappa shape index (κ1) is 15.3. The summed E-state index contributed by atoms with van der Waals surface area (Å²) in [6, 6.07) is 0.284. The van der Waals surface area contributed by atoms with Crippen LogP contribution in [0.4, 0.5) is 10.7 Å². The minimum absolute atomic E-state index is 0.129. The largest absolute Gasteiger partial charge is 0.393 e. The van der Waals surface area contributed by atoms with Gasteiger partial charge in [0, 0.05) is 6.04 Å². The van der Waals surface area contributed by atoms with Gasteiger partial charge in [0.05, 0.1) is 12.1 Å². The molecule has 3 N–H and O–H groups in total. The molecule has 122 valence electrons. The molecular formula is C15H25N5O2. The first-order chi connectivity index (χ1) is 10.7. The first-order valence-electron chi connectivity index (χ1n) is 8.37. The van der Waals surface area contributed by atoms with Gasteiger partial charge in [0.15, 0.2) is 0 Å². The lowest BCUT2D eigenvalue weighted by Gasteiger charge is -2.25. The number of amides is 2. The molecule has 3 rings (SSSR count). The topological polar surface area (TPSA) is 92.1 Å². The molecule has 0 bridgehead atoms. The van der Waals surface area contributed by atoms with Gasteiger partial charge in [0.2, 0.25) is 5.95 Å². The molecule has 0 saturated heterocycles. The van der Waals surface area contributed by atoms with E-state index in [1.165, 1.54) is 19.3 Å². The fraction of sp³-hybridized carbons (Fsp3) is 0.800. The molecular weight excluding hydrogens is 282 g/mol. The Kier molecular flexibility index (Phi) is 4.92. The van der Waals surface area contributed by atoms with Gasteiger partial charge in [-0.15, -0.1) is 5.10 Å². The quantitative estimate of drug-likeness (QED) is 0.798. The number of aliphatic hydroxyl groups excluding tert-OH is 1. The third-order valence-electron chi connectivity index (χ3n) is 4.71. The summed E-state index contributed by atoms with van der Waals surface area (Å²) < 4.78 is 1.88. The van der Waals surface area contributed by atoms with Crippen LogP contribution in [0, 0.1) is 0 Å². The third-order valence-corrected chi connectivity index (χ3v) is 4.71. The van der Waals surface area contributed by atoms with E-state index < -0.39 is 0 Å². The maximum Gasteiger partial charge on any atom is 0.321 e. The molecule has 1 heterocycles. The minimum atomic E-state index is -0.261. The summed E-state index contributed by atoms with van der Waals surface area (Å²) >= 11 is 0. The van der Waals surface area contributed by atoms with Crippen LogP contribution in [0.2, 0.25) is 0 Å². The Morgan fingerprint density at radius 1 is 1.14 bits per heavy atom. The highest BCUT2D eigenvalue weighted by atomic mass is 16.3. The molecule has 0 aromatic carbocycles. The van der Waals surface area contributed by atoms with Gasteiger partial charge in [-0.25, -0.2) is 14.5 Å². The fourth-order valence-electron chi connectivity index (χ4n) is 3.40. The molecule has 0 unspecified atom stereocenters. The number of rotatable bonds is 3. The van der Waals surface area contributed by atoms with Crippen molar-refractivity contribution in [3.63, 3.8) is 0 Å². The van der Waals surface area contributed by atoms with E-state index in [0.717, 1.165) is 38.5 Å². The van der Waals surface area contributed by atoms with E-state index in [0.29, 0.717) is 12.0 Å². The van der Waals surface area contributed by atoms with E-state index in [1.54, 1.807) is 6.33 Å². The van der Waals surface area contributed by atoms with Gasteiger partial charge in [-0.2, -0.15) is 0 Å². The van der Waals surface area contributed by atoms with E-state index in [2.05, 4.69) is 20.7 Å². The van der Waals surface area contributed by atoms with Gasteiger partial charge in [0.1, 0.15) is 6.33 Å². The second-order valence-corrected chi connectivity index (χ2v) is 6.44. The Morgan fingerprint density at radius 2 is 1.86 bits per heavy atom. The Labute approximate surface area is 130 Å². The number of aliphatic hydroxyl groups is 1. The summed E-state index contributed by atoms with van der Waals surface area (Å²) in [7, 11) is 0. The molecule has 0 radical (unpaired) electrons. The zero-order valence-corrected chi connectivity index (χ0v) is 12.9. The predicted molar refractivity (Wildman–Crippen MR) is 82.6 cm³/mol. The summed E-state index contributed by atoms with van der Waals surface area (Å²) in [5.41, 5.74) is 0. The van der Waals surface area contributed by atoms with Crippen molar-refractivity contribution in [2.75, 3.05) is 5.32 Å². The summed E-state index contributed by atoms with van der Waals surface area (Å²) in [6.07, 6.45) is 10.7. The molecule has 7 heteroatoms. The SMILES string of the molecule is O=C(Nc1ncn(C2CCCCC2)n1)NC1CCC(O)CC1. The number of nitrogens with one attached hydrogen (secondary N) is 2. The number of anilines is 1. The number of aromatic nitrogens is 3. The number of hydrogen-bond acceptors (Lipinski definition) is 4. The fourth-order valence-corrected chi connectivity index (χ4v) is 3.40. The number of nitrogens with zero attached hydrogens (tertiary/aromatic N) is 3. The van der Waals surface area contributed by atoms with E-state index in [-0.39, 0.29) is 18.2 Å². The molecule has 1 aromatic rings. The van der Waals surface area contributed by atoms with Gasteiger partial charge >= 0.3 is 6.03 Å². The van der Waals surface area contributed by atoms with Crippen molar-refractivity contribution >= 4 is 12.0 Å². The zero-order chi connectivity index (χ0) is 15.4. The van der Waals surface area contributed by atoms with Crippen LogP contribution in [0.3, 0.4) is 0 Å². The molecule has 7 nitrogen and oxygen atoms in total. The molecule has 2 aliphatic rings. The van der Waals surface area contributed by atoms with Crippen LogP contribution in [0.5, 0.6) is 0 Å². The predicted octanol–water partition coefficient (Wildman–Crippen LogP) is 2.21. The normalized spacial score (nSPS) is 26.6. The Hall–Kier alpha value is -1.63. The highest BCUT2D eigenvalue weighted by Gasteiger charge is 2.21. The molecule has 0 spiro atoms. The lowest BCUT2D eigenvalue weighted by molar-refractivity contribution is 0.118. The van der Waals surface area contributed by atoms with Crippen LogP contribution in [-0.2, 0) is 0 Å². The lowest BCUT2D eigenvalue weighted by Crippen LogP contribution is -2.41. The van der Waals surface area contributed by atoms with E-state index in [9.17, 15) is 9.90 Å². The first-order valence-corrected chi connectivity index (χ1v) is 8.37. The number of carbonyl (C=O) groups excluding carboxylic acids is 1. The average Bonchev–Trinajstić information content (AvgIpc) is 2.99. The molecule has 2 saturated carbocycles. The summed E-state index contributed by atoms with van der Waals surface area (Å²) in [5, 5.41) is 19.5. The number of urea groups is 1. The third kappa shape index (κ3) is 3.97. The smallest absolute Gasteiger partial charge is 0.321 e. The van der Waals surface area contributed by atoms with Crippen molar-refractivity contribution in [3.05, 3.63) is 6.33 Å². The Morgan fingerprint density at radius 3 is 2.59 bits per heavy atom. The van der Waals surface area contributed by atoms with Gasteiger partial charge in [-0.05, 0) is 38.5 Å². The summed E-state index contributed by atoms with van der Waals surface area (Å²) in [5.74, 6) is 0.360. The van der Waals surface area contributed by atoms with Crippen molar-refractivity contribution in [1.82, 2.24) is 20.1 Å². The Bertz CT molecular complexity index is 490. The Balaban J connectivity index is 1.48. The molecule has 1 aromatic heterocycles. The van der Waals surface area contributed by atoms with Crippen LogP contribution < -0.4 is 10.6 Å². The highest BCUT2D eigenvalue weighted by molar-refractivity contribution is 5.87. The molecule has 2 aliphatic carbocycles. The van der Waals surface area contributed by atoms with Gasteiger partial charge in [0.25, 0.3) is 0 Å². The summed E-state index contributed by atoms with van der Waals surface area (Å²) in [4.78, 5) is 16.2. The van der Waals surface area contributed by atoms with Crippen molar-refractivity contribution in [2.45, 2.75) is 76.0 Å². The monoisotopic (exact) mass is 307 g/mol. The maximum atomic E-state index is 12.0. The van der Waals surface area contributed by atoms with Gasteiger partial charge in [-0.1, -0.05) is 19.3 Å². The molecule has 2 fully saturated rings. The van der Waals surface area contributed by atoms with Crippen LogP contribution in [-0.4, -0.2) is 38.0 Å². The highest BCUT2D eigenvalue weighted by Crippen LogP contribution is 2.27. The standard InChI is InChI=1S/C15H25N5O2/c21-13-8-6-11(7-9-13)17-15(22)18-14-16-10-20(19-14)12-4-2-1-3-5-12/h10-13,21H,1-9H2,(H2,17,18,19,22). The molecule has 22 heavy (non-hydrogen) atoms. The van der Waals surface area contributed by atoms with Crippen molar-refractivity contribution in [3.8, 4) is 0 Å². The lowest BCUT2D eigenvalue weighted by atomic mass is 9.93. The molecule has 0 aliphatic heterocycles. The van der Waals surface area contributed by atoms with E-state index in [1.807, 2.05) is 4.68 Å². The average molecular weight is 307 g/mol. The van der Waals surface area contributed by atoms with E-state index >= 15 is 0 Å². The molecule has 0 atom stereocenters. The van der Waals surface area contributed by atoms with Crippen LogP contribution in [0.15, 0.2) is 6.33 Å². The van der Waals surface area contributed by atoms with Crippen molar-refractivity contribution < 1.29 is 9.90 Å². The van der Waals surface area contributed by atoms with Crippen LogP contribution >= 0.6 is 0 Å². The van der Waals surface area contributed by atoms with Gasteiger partial charge in [-0.3, -0.25) is 5.32 Å². The second kappa shape index (κ2) is 7.09. The number of hydrogen-bond donors (Lipinski definition) is 3. The van der Waals surface area contributed by atoms with Crippen molar-refractivity contribution in [1.29, 1.82) is 0 Å². The summed E-state index contributed by atoms with van der Waals surface area (Å²) in [6.45, 7) is 0. The van der Waals surface area contributed by atoms with E-state index in [4.69, 9.17) is 0 Å². The van der Waals surface area contributed by atoms with Crippen LogP contribution in [0.1, 0.15) is 63.8 Å². The maximum absolute atomic E-state index is 12.0. The van der Waals surface area contributed by atoms with Crippen LogP contribution in [0.25, 0.3) is 0 Å². The number of carbonyl (C=O) groups is 1. The van der Waals surface area contributed by atoms with Gasteiger partial charge < -0.3 is 10.4 Å². The second-order valence-electron chi connectivity index (χ2n) is 6.44. The zero-order valence-electron chi connectivity index (χ0n) is 12.9. The minimum Gasteiger partial charge on any atom is -0.393 e. The van der Waals surface area contributed by atoms with Crippen molar-refractivity contribution in [2.24, 2.45) is 0 Å².